The van der Waals surface area contributed by atoms with Gasteiger partial charge in [-0.3, -0.25) is 0 Å². The second-order valence-corrected chi connectivity index (χ2v) is 11.7. The van der Waals surface area contributed by atoms with Crippen molar-refractivity contribution in [3.63, 3.8) is 0 Å². The number of phenolic OH excluding ortho intramolecular Hbond substituents is 2. The second-order valence-electron chi connectivity index (χ2n) is 11.7. The highest BCUT2D eigenvalue weighted by Gasteiger charge is 2.32. The SMILES string of the molecule is CCCCCCCCCCCCCCCCCCC(CC(C)(c1ccc(O)cc1)c1ccc(O)cc1)C(=O)[O-]. The number of aromatic hydroxyl groups is 2. The van der Waals surface area contributed by atoms with Crippen LogP contribution in [0.5, 0.6) is 11.5 Å². The summed E-state index contributed by atoms with van der Waals surface area (Å²) in [6, 6.07) is 13.9. The van der Waals surface area contributed by atoms with Gasteiger partial charge in [-0.15, -0.1) is 0 Å². The van der Waals surface area contributed by atoms with Crippen molar-refractivity contribution in [3.05, 3.63) is 59.7 Å². The van der Waals surface area contributed by atoms with E-state index < -0.39 is 17.3 Å². The minimum atomic E-state index is -1.00. The zero-order valence-electron chi connectivity index (χ0n) is 24.6. The average molecular weight is 538 g/mol. The van der Waals surface area contributed by atoms with E-state index in [9.17, 15) is 20.1 Å². The number of aliphatic carboxylic acids is 1. The van der Waals surface area contributed by atoms with Gasteiger partial charge in [0.1, 0.15) is 11.5 Å². The molecule has 4 heteroatoms. The van der Waals surface area contributed by atoms with Gasteiger partial charge in [-0.2, -0.15) is 0 Å². The molecule has 0 aromatic heterocycles. The predicted molar refractivity (Wildman–Crippen MR) is 160 cm³/mol. The van der Waals surface area contributed by atoms with E-state index in [1.54, 1.807) is 24.3 Å². The maximum absolute atomic E-state index is 12.1. The van der Waals surface area contributed by atoms with Gasteiger partial charge in [-0.1, -0.05) is 141 Å². The van der Waals surface area contributed by atoms with E-state index in [1.165, 1.54) is 83.5 Å². The quantitative estimate of drug-likeness (QED) is 0.147. The lowest BCUT2D eigenvalue weighted by molar-refractivity contribution is -0.312. The normalized spacial score (nSPS) is 12.5. The van der Waals surface area contributed by atoms with Gasteiger partial charge in [-0.25, -0.2) is 0 Å². The number of phenols is 2. The van der Waals surface area contributed by atoms with E-state index in [-0.39, 0.29) is 11.5 Å². The fraction of sp³-hybridized carbons (Fsp3) is 0.629. The molecule has 0 spiro atoms. The Balaban J connectivity index is 1.70. The number of hydrogen-bond acceptors (Lipinski definition) is 4. The molecule has 0 aliphatic heterocycles. The molecule has 0 saturated heterocycles. The summed E-state index contributed by atoms with van der Waals surface area (Å²) in [7, 11) is 0. The van der Waals surface area contributed by atoms with Crippen LogP contribution in [0, 0.1) is 5.92 Å². The summed E-state index contributed by atoms with van der Waals surface area (Å²) in [6.07, 6.45) is 21.7. The highest BCUT2D eigenvalue weighted by Crippen LogP contribution is 2.40. The van der Waals surface area contributed by atoms with E-state index in [2.05, 4.69) is 6.92 Å². The molecule has 2 aromatic carbocycles. The molecule has 2 N–H and O–H groups in total. The first-order valence-electron chi connectivity index (χ1n) is 15.7. The summed E-state index contributed by atoms with van der Waals surface area (Å²) >= 11 is 0. The molecule has 1 atom stereocenters. The van der Waals surface area contributed by atoms with Gasteiger partial charge in [0.15, 0.2) is 0 Å². The molecule has 0 fully saturated rings. The number of hydrogen-bond donors (Lipinski definition) is 2. The zero-order valence-corrected chi connectivity index (χ0v) is 24.6. The molecule has 0 aliphatic rings. The largest absolute Gasteiger partial charge is 0.550 e. The maximum atomic E-state index is 12.1. The first-order valence-corrected chi connectivity index (χ1v) is 15.7. The molecule has 0 heterocycles. The van der Waals surface area contributed by atoms with E-state index in [1.807, 2.05) is 31.2 Å². The minimum Gasteiger partial charge on any atom is -0.550 e. The molecule has 218 valence electrons. The zero-order chi connectivity index (χ0) is 28.3. The number of carbonyl (C=O) groups excluding carboxylic acids is 1. The number of rotatable bonds is 22. The summed E-state index contributed by atoms with van der Waals surface area (Å²) in [4.78, 5) is 12.1. The van der Waals surface area contributed by atoms with Gasteiger partial charge < -0.3 is 20.1 Å². The van der Waals surface area contributed by atoms with Crippen LogP contribution < -0.4 is 5.11 Å². The van der Waals surface area contributed by atoms with Crippen LogP contribution in [0.2, 0.25) is 0 Å². The fourth-order valence-electron chi connectivity index (χ4n) is 5.80. The van der Waals surface area contributed by atoms with E-state index in [0.29, 0.717) is 12.8 Å². The van der Waals surface area contributed by atoms with Crippen molar-refractivity contribution < 1.29 is 20.1 Å². The van der Waals surface area contributed by atoms with Gasteiger partial charge in [0.25, 0.3) is 0 Å². The molecule has 2 rings (SSSR count). The third-order valence-corrected chi connectivity index (χ3v) is 8.40. The molecule has 4 nitrogen and oxygen atoms in total. The Morgan fingerprint density at radius 2 is 0.974 bits per heavy atom. The standard InChI is InChI=1S/C35H54O4/c1-3-4-5-6-7-8-9-10-11-12-13-14-15-16-17-18-19-29(34(38)39)28-35(2,30-20-24-32(36)25-21-30)31-22-26-33(37)27-23-31/h20-27,29,36-37H,3-19,28H2,1-2H3,(H,38,39)/p-1. The van der Waals surface area contributed by atoms with Crippen LogP contribution >= 0.6 is 0 Å². The molecule has 0 radical (unpaired) electrons. The van der Waals surface area contributed by atoms with Crippen LogP contribution in [-0.4, -0.2) is 16.2 Å². The van der Waals surface area contributed by atoms with Crippen LogP contribution in [0.1, 0.15) is 141 Å². The molecule has 0 saturated carbocycles. The summed E-state index contributed by atoms with van der Waals surface area (Å²) < 4.78 is 0. The van der Waals surface area contributed by atoms with Crippen molar-refractivity contribution in [2.45, 2.75) is 135 Å². The number of unbranched alkanes of at least 4 members (excludes halogenated alkanes) is 15. The first-order chi connectivity index (χ1) is 18.9. The van der Waals surface area contributed by atoms with Crippen molar-refractivity contribution in [2.24, 2.45) is 5.92 Å². The molecule has 0 bridgehead atoms. The fourth-order valence-corrected chi connectivity index (χ4v) is 5.80. The van der Waals surface area contributed by atoms with Crippen molar-refractivity contribution in [1.29, 1.82) is 0 Å². The highest BCUT2D eigenvalue weighted by atomic mass is 16.4. The lowest BCUT2D eigenvalue weighted by atomic mass is 9.69. The first kappa shape index (κ1) is 32.7. The molecule has 2 aromatic rings. The molecular formula is C35H53O4-. The van der Waals surface area contributed by atoms with Gasteiger partial charge in [0.05, 0.1) is 0 Å². The van der Waals surface area contributed by atoms with E-state index in [4.69, 9.17) is 0 Å². The topological polar surface area (TPSA) is 80.6 Å². The van der Waals surface area contributed by atoms with Crippen LogP contribution in [0.15, 0.2) is 48.5 Å². The minimum absolute atomic E-state index is 0.177. The van der Waals surface area contributed by atoms with Crippen LogP contribution in [0.3, 0.4) is 0 Å². The van der Waals surface area contributed by atoms with E-state index >= 15 is 0 Å². The van der Waals surface area contributed by atoms with Crippen LogP contribution in [-0.2, 0) is 10.2 Å². The molecule has 0 amide bonds. The number of carboxylic acid groups (broad SMARTS) is 1. The summed E-state index contributed by atoms with van der Waals surface area (Å²) in [5.74, 6) is -1.21. The molecule has 0 aliphatic carbocycles. The van der Waals surface area contributed by atoms with Crippen molar-refractivity contribution in [3.8, 4) is 11.5 Å². The highest BCUT2D eigenvalue weighted by molar-refractivity contribution is 5.68. The smallest absolute Gasteiger partial charge is 0.115 e. The third kappa shape index (κ3) is 12.5. The van der Waals surface area contributed by atoms with Gasteiger partial charge >= 0.3 is 0 Å². The van der Waals surface area contributed by atoms with Crippen LogP contribution in [0.25, 0.3) is 0 Å². The van der Waals surface area contributed by atoms with Gasteiger partial charge in [0.2, 0.25) is 0 Å². The summed E-state index contributed by atoms with van der Waals surface area (Å²) in [5.41, 5.74) is 1.29. The Bertz CT molecular complexity index is 858. The summed E-state index contributed by atoms with van der Waals surface area (Å²) in [5, 5.41) is 31.7. The Hall–Kier alpha value is -2.49. The van der Waals surface area contributed by atoms with Crippen molar-refractivity contribution >= 4 is 5.97 Å². The Morgan fingerprint density at radius 1 is 0.641 bits per heavy atom. The van der Waals surface area contributed by atoms with Crippen molar-refractivity contribution in [1.82, 2.24) is 0 Å². The third-order valence-electron chi connectivity index (χ3n) is 8.40. The van der Waals surface area contributed by atoms with E-state index in [0.717, 1.165) is 30.4 Å². The average Bonchev–Trinajstić information content (AvgIpc) is 2.92. The van der Waals surface area contributed by atoms with Gasteiger partial charge in [0, 0.05) is 11.4 Å². The Morgan fingerprint density at radius 3 is 1.31 bits per heavy atom. The van der Waals surface area contributed by atoms with Crippen molar-refractivity contribution in [2.75, 3.05) is 0 Å². The maximum Gasteiger partial charge on any atom is 0.115 e. The molecular weight excluding hydrogens is 484 g/mol. The van der Waals surface area contributed by atoms with Crippen LogP contribution in [0.4, 0.5) is 0 Å². The van der Waals surface area contributed by atoms with Gasteiger partial charge in [-0.05, 0) is 54.2 Å². The summed E-state index contributed by atoms with van der Waals surface area (Å²) in [6.45, 7) is 4.31. The lowest BCUT2D eigenvalue weighted by Gasteiger charge is -2.35. The monoisotopic (exact) mass is 537 g/mol. The lowest BCUT2D eigenvalue weighted by Crippen LogP contribution is -2.37. The Kier molecular flexibility index (Phi) is 15.7. The number of carboxylic acids is 1. The predicted octanol–water partition coefficient (Wildman–Crippen LogP) is 8.81. The number of carbonyl (C=O) groups is 1. The number of benzene rings is 2. The second kappa shape index (κ2) is 18.7. The molecule has 1 unspecified atom stereocenters. The molecule has 39 heavy (non-hydrogen) atoms. The Labute approximate surface area is 237 Å².